The van der Waals surface area contributed by atoms with Crippen LogP contribution in [0.3, 0.4) is 0 Å². The molecular weight excluding hydrogens is 310 g/mol. The van der Waals surface area contributed by atoms with E-state index in [1.165, 1.54) is 0 Å². The van der Waals surface area contributed by atoms with Gasteiger partial charge < -0.3 is 10.4 Å². The molecule has 1 aromatic rings. The Morgan fingerprint density at radius 3 is 2.68 bits per heavy atom. The molecule has 4 nitrogen and oxygen atoms in total. The first kappa shape index (κ1) is 15.4. The third kappa shape index (κ3) is 5.26. The van der Waals surface area contributed by atoms with Crippen LogP contribution < -0.4 is 5.32 Å². The molecular formula is C14H16BrNO3. The molecule has 0 aliphatic carbocycles. The van der Waals surface area contributed by atoms with Crippen LogP contribution in [0.4, 0.5) is 0 Å². The van der Waals surface area contributed by atoms with E-state index in [0.29, 0.717) is 12.8 Å². The third-order valence-electron chi connectivity index (χ3n) is 2.60. The van der Waals surface area contributed by atoms with E-state index < -0.39 is 12.0 Å². The standard InChI is InChI=1S/C14H16BrNO3/c1-2-3-8-12(14(18)19)16-13(17)9-10-6-4-5-7-11(10)15/h2,4-7,12H,1,3,8-9H2,(H,16,17)(H,18,19). The minimum Gasteiger partial charge on any atom is -0.480 e. The Kier molecular flexibility index (Phi) is 6.29. The summed E-state index contributed by atoms with van der Waals surface area (Å²) in [7, 11) is 0. The predicted molar refractivity (Wildman–Crippen MR) is 76.8 cm³/mol. The zero-order valence-corrected chi connectivity index (χ0v) is 12.0. The van der Waals surface area contributed by atoms with Crippen LogP contribution in [0, 0.1) is 0 Å². The van der Waals surface area contributed by atoms with Crippen molar-refractivity contribution in [1.29, 1.82) is 0 Å². The summed E-state index contributed by atoms with van der Waals surface area (Å²) in [5.74, 6) is -1.33. The van der Waals surface area contributed by atoms with Crippen molar-refractivity contribution in [2.75, 3.05) is 0 Å². The fraction of sp³-hybridized carbons (Fsp3) is 0.286. The molecule has 1 unspecified atom stereocenters. The van der Waals surface area contributed by atoms with E-state index in [-0.39, 0.29) is 12.3 Å². The zero-order valence-electron chi connectivity index (χ0n) is 10.4. The van der Waals surface area contributed by atoms with Crippen LogP contribution in [0.2, 0.25) is 0 Å². The summed E-state index contributed by atoms with van der Waals surface area (Å²) in [6.07, 6.45) is 2.68. The van der Waals surface area contributed by atoms with Gasteiger partial charge in [-0.1, -0.05) is 40.2 Å². The summed E-state index contributed by atoms with van der Waals surface area (Å²) in [5.41, 5.74) is 0.827. The van der Waals surface area contributed by atoms with Crippen molar-refractivity contribution in [3.05, 3.63) is 47.0 Å². The molecule has 0 fully saturated rings. The molecule has 0 radical (unpaired) electrons. The molecule has 1 amide bonds. The van der Waals surface area contributed by atoms with Gasteiger partial charge in [-0.15, -0.1) is 6.58 Å². The third-order valence-corrected chi connectivity index (χ3v) is 3.38. The van der Waals surface area contributed by atoms with Gasteiger partial charge in [0.25, 0.3) is 0 Å². The van der Waals surface area contributed by atoms with Crippen LogP contribution in [-0.4, -0.2) is 23.0 Å². The highest BCUT2D eigenvalue weighted by Crippen LogP contribution is 2.16. The maximum Gasteiger partial charge on any atom is 0.326 e. The maximum absolute atomic E-state index is 11.8. The van der Waals surface area contributed by atoms with E-state index in [9.17, 15) is 9.59 Å². The van der Waals surface area contributed by atoms with Crippen molar-refractivity contribution in [3.63, 3.8) is 0 Å². The van der Waals surface area contributed by atoms with Crippen molar-refractivity contribution in [3.8, 4) is 0 Å². The van der Waals surface area contributed by atoms with Crippen molar-refractivity contribution in [2.45, 2.75) is 25.3 Å². The first-order chi connectivity index (χ1) is 9.04. The molecule has 0 aromatic heterocycles. The number of amides is 1. The largest absolute Gasteiger partial charge is 0.480 e. The fourth-order valence-corrected chi connectivity index (χ4v) is 2.03. The van der Waals surface area contributed by atoms with Crippen molar-refractivity contribution >= 4 is 27.8 Å². The van der Waals surface area contributed by atoms with E-state index in [1.807, 2.05) is 24.3 Å². The number of carbonyl (C=O) groups excluding carboxylic acids is 1. The van der Waals surface area contributed by atoms with Gasteiger partial charge in [0.15, 0.2) is 0 Å². The summed E-state index contributed by atoms with van der Waals surface area (Å²) in [6, 6.07) is 6.49. The number of carboxylic acids is 1. The first-order valence-corrected chi connectivity index (χ1v) is 6.70. The van der Waals surface area contributed by atoms with Gasteiger partial charge in [-0.05, 0) is 24.5 Å². The van der Waals surface area contributed by atoms with Gasteiger partial charge in [-0.25, -0.2) is 4.79 Å². The number of nitrogens with one attached hydrogen (secondary N) is 1. The Bertz CT molecular complexity index is 474. The molecule has 1 rings (SSSR count). The van der Waals surface area contributed by atoms with Crippen LogP contribution >= 0.6 is 15.9 Å². The summed E-state index contributed by atoms with van der Waals surface area (Å²) >= 11 is 3.35. The smallest absolute Gasteiger partial charge is 0.326 e. The lowest BCUT2D eigenvalue weighted by molar-refractivity contribution is -0.141. The Balaban J connectivity index is 2.60. The SMILES string of the molecule is C=CCCC(NC(=O)Cc1ccccc1Br)C(=O)O. The number of hydrogen-bond acceptors (Lipinski definition) is 2. The highest BCUT2D eigenvalue weighted by atomic mass is 79.9. The van der Waals surface area contributed by atoms with E-state index in [1.54, 1.807) is 6.08 Å². The molecule has 5 heteroatoms. The van der Waals surface area contributed by atoms with Gasteiger partial charge in [0, 0.05) is 4.47 Å². The topological polar surface area (TPSA) is 66.4 Å². The molecule has 1 atom stereocenters. The van der Waals surface area contributed by atoms with E-state index in [0.717, 1.165) is 10.0 Å². The summed E-state index contributed by atoms with van der Waals surface area (Å²) in [5, 5.41) is 11.5. The summed E-state index contributed by atoms with van der Waals surface area (Å²) < 4.78 is 0.836. The van der Waals surface area contributed by atoms with Crippen LogP contribution in [0.25, 0.3) is 0 Å². The molecule has 19 heavy (non-hydrogen) atoms. The summed E-state index contributed by atoms with van der Waals surface area (Å²) in [4.78, 5) is 22.8. The quantitative estimate of drug-likeness (QED) is 0.757. The van der Waals surface area contributed by atoms with Gasteiger partial charge in [0.05, 0.1) is 6.42 Å². The molecule has 0 aliphatic rings. The number of allylic oxidation sites excluding steroid dienone is 1. The second kappa shape index (κ2) is 7.74. The first-order valence-electron chi connectivity index (χ1n) is 5.91. The molecule has 102 valence electrons. The molecule has 0 spiro atoms. The number of hydrogen-bond donors (Lipinski definition) is 2. The molecule has 0 bridgehead atoms. The lowest BCUT2D eigenvalue weighted by atomic mass is 10.1. The molecule has 1 aromatic carbocycles. The number of benzene rings is 1. The van der Waals surface area contributed by atoms with Gasteiger partial charge >= 0.3 is 5.97 Å². The minimum atomic E-state index is -1.03. The van der Waals surface area contributed by atoms with E-state index >= 15 is 0 Å². The number of aliphatic carboxylic acids is 1. The maximum atomic E-state index is 11.8. The lowest BCUT2D eigenvalue weighted by Crippen LogP contribution is -2.41. The number of halogens is 1. The Labute approximate surface area is 120 Å². The second-order valence-electron chi connectivity index (χ2n) is 4.09. The molecule has 0 saturated heterocycles. The molecule has 0 saturated carbocycles. The average Bonchev–Trinajstić information content (AvgIpc) is 2.37. The van der Waals surface area contributed by atoms with Crippen molar-refractivity contribution in [1.82, 2.24) is 5.32 Å². The van der Waals surface area contributed by atoms with Crippen molar-refractivity contribution < 1.29 is 14.7 Å². The zero-order chi connectivity index (χ0) is 14.3. The normalized spacial score (nSPS) is 11.6. The summed E-state index contributed by atoms with van der Waals surface area (Å²) in [6.45, 7) is 3.54. The van der Waals surface area contributed by atoms with Crippen LogP contribution in [0.15, 0.2) is 41.4 Å². The minimum absolute atomic E-state index is 0.152. The van der Waals surface area contributed by atoms with Gasteiger partial charge in [0.1, 0.15) is 6.04 Å². The fourth-order valence-electron chi connectivity index (χ4n) is 1.60. The van der Waals surface area contributed by atoms with Gasteiger partial charge in [-0.3, -0.25) is 4.79 Å². The number of carbonyl (C=O) groups is 2. The van der Waals surface area contributed by atoms with E-state index in [4.69, 9.17) is 5.11 Å². The molecule has 0 aliphatic heterocycles. The van der Waals surface area contributed by atoms with Crippen LogP contribution in [-0.2, 0) is 16.0 Å². The second-order valence-corrected chi connectivity index (χ2v) is 4.95. The van der Waals surface area contributed by atoms with Gasteiger partial charge in [0.2, 0.25) is 5.91 Å². The molecule has 0 heterocycles. The number of carboxylic acid groups (broad SMARTS) is 1. The predicted octanol–water partition coefficient (Wildman–Crippen LogP) is 2.53. The Morgan fingerprint density at radius 2 is 2.11 bits per heavy atom. The monoisotopic (exact) mass is 325 g/mol. The lowest BCUT2D eigenvalue weighted by Gasteiger charge is -2.14. The molecule has 2 N–H and O–H groups in total. The number of rotatable bonds is 7. The highest BCUT2D eigenvalue weighted by Gasteiger charge is 2.19. The van der Waals surface area contributed by atoms with Crippen LogP contribution in [0.1, 0.15) is 18.4 Å². The average molecular weight is 326 g/mol. The van der Waals surface area contributed by atoms with Gasteiger partial charge in [-0.2, -0.15) is 0 Å². The highest BCUT2D eigenvalue weighted by molar-refractivity contribution is 9.10. The van der Waals surface area contributed by atoms with Crippen LogP contribution in [0.5, 0.6) is 0 Å². The Hall–Kier alpha value is -1.62. The Morgan fingerprint density at radius 1 is 1.42 bits per heavy atom. The van der Waals surface area contributed by atoms with E-state index in [2.05, 4.69) is 27.8 Å². The van der Waals surface area contributed by atoms with Crippen molar-refractivity contribution in [2.24, 2.45) is 0 Å².